The van der Waals surface area contributed by atoms with Gasteiger partial charge in [-0.25, -0.2) is 0 Å². The van der Waals surface area contributed by atoms with Gasteiger partial charge in [-0.15, -0.1) is 0 Å². The van der Waals surface area contributed by atoms with Crippen LogP contribution in [-0.4, -0.2) is 11.8 Å². The zero-order chi connectivity index (χ0) is 9.35. The maximum atomic E-state index is 4.64. The van der Waals surface area contributed by atoms with Crippen LogP contribution in [0.5, 0.6) is 0 Å². The third-order valence-electron chi connectivity index (χ3n) is 2.31. The lowest BCUT2D eigenvalue weighted by Gasteiger charge is -2.26. The highest BCUT2D eigenvalue weighted by Gasteiger charge is 2.29. The molecule has 0 aromatic rings. The van der Waals surface area contributed by atoms with E-state index < -0.39 is 0 Å². The third-order valence-corrected chi connectivity index (χ3v) is 2.31. The van der Waals surface area contributed by atoms with Crippen molar-refractivity contribution in [1.29, 1.82) is 0 Å². The van der Waals surface area contributed by atoms with Crippen LogP contribution in [0.2, 0.25) is 0 Å². The summed E-state index contributed by atoms with van der Waals surface area (Å²) in [5.41, 5.74) is 2.95. The molecule has 0 N–H and O–H groups in total. The van der Waals surface area contributed by atoms with Crippen molar-refractivity contribution in [3.05, 3.63) is 11.6 Å². The molecule has 1 heteroatoms. The lowest BCUT2D eigenvalue weighted by atomic mass is 9.82. The molecule has 1 atom stereocenters. The molecule has 0 aromatic heterocycles. The van der Waals surface area contributed by atoms with Crippen molar-refractivity contribution in [2.45, 2.75) is 47.1 Å². The molecule has 0 bridgehead atoms. The van der Waals surface area contributed by atoms with Crippen molar-refractivity contribution < 1.29 is 0 Å². The van der Waals surface area contributed by atoms with E-state index in [9.17, 15) is 0 Å². The van der Waals surface area contributed by atoms with Gasteiger partial charge in [0.05, 0.1) is 6.04 Å². The molecule has 1 heterocycles. The van der Waals surface area contributed by atoms with Crippen LogP contribution in [0.25, 0.3) is 0 Å². The molecule has 0 saturated carbocycles. The van der Waals surface area contributed by atoms with Crippen LogP contribution >= 0.6 is 0 Å². The van der Waals surface area contributed by atoms with Crippen LogP contribution < -0.4 is 0 Å². The van der Waals surface area contributed by atoms with Gasteiger partial charge in [0.1, 0.15) is 0 Å². The summed E-state index contributed by atoms with van der Waals surface area (Å²) in [5, 5.41) is 0. The summed E-state index contributed by atoms with van der Waals surface area (Å²) in [6, 6.07) is 0.419. The highest BCUT2D eigenvalue weighted by molar-refractivity contribution is 5.96. The molecule has 0 aliphatic carbocycles. The first kappa shape index (κ1) is 9.50. The number of aliphatic imine (C=N–C) groups is 1. The molecule has 1 unspecified atom stereocenters. The fraction of sp³-hybridized carbons (Fsp3) is 0.727. The Kier molecular flexibility index (Phi) is 2.41. The first-order valence-electron chi connectivity index (χ1n) is 4.70. The Morgan fingerprint density at radius 1 is 1.42 bits per heavy atom. The fourth-order valence-electron chi connectivity index (χ4n) is 1.72. The molecule has 1 aliphatic rings. The third kappa shape index (κ3) is 1.77. The average molecular weight is 165 g/mol. The van der Waals surface area contributed by atoms with E-state index in [1.807, 2.05) is 0 Å². The zero-order valence-corrected chi connectivity index (χ0v) is 8.81. The summed E-state index contributed by atoms with van der Waals surface area (Å²) in [5.74, 6) is 0. The molecule has 12 heavy (non-hydrogen) atoms. The second kappa shape index (κ2) is 3.04. The molecule has 1 nitrogen and oxygen atoms in total. The number of hydrogen-bond acceptors (Lipinski definition) is 1. The van der Waals surface area contributed by atoms with Gasteiger partial charge < -0.3 is 0 Å². The van der Waals surface area contributed by atoms with Crippen molar-refractivity contribution in [2.24, 2.45) is 10.4 Å². The summed E-state index contributed by atoms with van der Waals surface area (Å²) in [7, 11) is 0. The molecule has 1 rings (SSSR count). The Labute approximate surface area is 75.6 Å². The lowest BCUT2D eigenvalue weighted by Crippen LogP contribution is -2.24. The monoisotopic (exact) mass is 165 g/mol. The fourth-order valence-corrected chi connectivity index (χ4v) is 1.72. The van der Waals surface area contributed by atoms with E-state index in [2.05, 4.69) is 45.7 Å². The maximum absolute atomic E-state index is 4.64. The van der Waals surface area contributed by atoms with Crippen LogP contribution in [0.1, 0.15) is 41.0 Å². The minimum Gasteiger partial charge on any atom is -0.282 e. The first-order valence-corrected chi connectivity index (χ1v) is 4.70. The van der Waals surface area contributed by atoms with Gasteiger partial charge in [-0.3, -0.25) is 4.99 Å². The Balaban J connectivity index is 2.87. The van der Waals surface area contributed by atoms with Crippen LogP contribution in [0, 0.1) is 5.41 Å². The average Bonchev–Trinajstić information content (AvgIpc) is 2.29. The second-order valence-electron chi connectivity index (χ2n) is 4.61. The highest BCUT2D eigenvalue weighted by atomic mass is 14.8. The van der Waals surface area contributed by atoms with Gasteiger partial charge in [0.15, 0.2) is 0 Å². The van der Waals surface area contributed by atoms with E-state index in [0.29, 0.717) is 6.04 Å². The molecule has 0 amide bonds. The summed E-state index contributed by atoms with van der Waals surface area (Å²) in [6.07, 6.45) is 3.36. The van der Waals surface area contributed by atoms with E-state index in [-0.39, 0.29) is 5.41 Å². The first-order chi connectivity index (χ1) is 5.45. The van der Waals surface area contributed by atoms with E-state index in [1.165, 1.54) is 11.3 Å². The molecule has 0 aromatic carbocycles. The number of allylic oxidation sites excluding steroid dienone is 1. The largest absolute Gasteiger partial charge is 0.282 e. The Hall–Kier alpha value is -0.590. The van der Waals surface area contributed by atoms with Gasteiger partial charge in [0.25, 0.3) is 0 Å². The molecule has 0 fully saturated rings. The number of hydrogen-bond donors (Lipinski definition) is 0. The minimum atomic E-state index is 0.277. The molecular weight excluding hydrogens is 146 g/mol. The Morgan fingerprint density at radius 3 is 2.33 bits per heavy atom. The van der Waals surface area contributed by atoms with Crippen LogP contribution in [0.4, 0.5) is 0 Å². The number of rotatable bonds is 1. The van der Waals surface area contributed by atoms with Crippen molar-refractivity contribution in [2.75, 3.05) is 0 Å². The van der Waals surface area contributed by atoms with Crippen molar-refractivity contribution >= 4 is 5.71 Å². The SMILES string of the molecule is CCC1=CC(C)=NC1C(C)(C)C. The summed E-state index contributed by atoms with van der Waals surface area (Å²) < 4.78 is 0. The van der Waals surface area contributed by atoms with Gasteiger partial charge in [-0.05, 0) is 30.4 Å². The predicted octanol–water partition coefficient (Wildman–Crippen LogP) is 3.21. The van der Waals surface area contributed by atoms with Gasteiger partial charge in [-0.2, -0.15) is 0 Å². The molecule has 0 radical (unpaired) electrons. The van der Waals surface area contributed by atoms with Gasteiger partial charge in [0.2, 0.25) is 0 Å². The summed E-state index contributed by atoms with van der Waals surface area (Å²) in [6.45, 7) is 11.1. The van der Waals surface area contributed by atoms with Crippen LogP contribution in [0.3, 0.4) is 0 Å². The standard InChI is InChI=1S/C11H19N/c1-6-9-7-8(2)12-10(9)11(3,4)5/h7,10H,6H2,1-5H3. The zero-order valence-electron chi connectivity index (χ0n) is 8.81. The Bertz CT molecular complexity index is 228. The quantitative estimate of drug-likeness (QED) is 0.565. The van der Waals surface area contributed by atoms with Crippen LogP contribution in [-0.2, 0) is 0 Å². The van der Waals surface area contributed by atoms with E-state index >= 15 is 0 Å². The molecule has 68 valence electrons. The van der Waals surface area contributed by atoms with Crippen LogP contribution in [0.15, 0.2) is 16.6 Å². The molecule has 0 spiro atoms. The normalized spacial score (nSPS) is 23.9. The smallest absolute Gasteiger partial charge is 0.0764 e. The van der Waals surface area contributed by atoms with E-state index in [4.69, 9.17) is 0 Å². The molecule has 1 aliphatic heterocycles. The Morgan fingerprint density at radius 2 is 2.00 bits per heavy atom. The summed E-state index contributed by atoms with van der Waals surface area (Å²) in [4.78, 5) is 4.64. The highest BCUT2D eigenvalue weighted by Crippen LogP contribution is 2.32. The topological polar surface area (TPSA) is 12.4 Å². The van der Waals surface area contributed by atoms with Gasteiger partial charge in [0, 0.05) is 5.71 Å². The van der Waals surface area contributed by atoms with Crippen molar-refractivity contribution in [3.8, 4) is 0 Å². The minimum absolute atomic E-state index is 0.277. The van der Waals surface area contributed by atoms with Gasteiger partial charge in [-0.1, -0.05) is 27.7 Å². The van der Waals surface area contributed by atoms with E-state index in [1.54, 1.807) is 0 Å². The lowest BCUT2D eigenvalue weighted by molar-refractivity contribution is 0.355. The van der Waals surface area contributed by atoms with Gasteiger partial charge >= 0.3 is 0 Å². The molecular formula is C11H19N. The summed E-state index contributed by atoms with van der Waals surface area (Å²) >= 11 is 0. The van der Waals surface area contributed by atoms with Crippen molar-refractivity contribution in [3.63, 3.8) is 0 Å². The van der Waals surface area contributed by atoms with Crippen molar-refractivity contribution in [1.82, 2.24) is 0 Å². The predicted molar refractivity (Wildman–Crippen MR) is 54.7 cm³/mol. The number of nitrogens with zero attached hydrogens (tertiary/aromatic N) is 1. The second-order valence-corrected chi connectivity index (χ2v) is 4.61. The maximum Gasteiger partial charge on any atom is 0.0764 e. The molecule has 0 saturated heterocycles. The van der Waals surface area contributed by atoms with E-state index in [0.717, 1.165) is 6.42 Å².